The van der Waals surface area contributed by atoms with Gasteiger partial charge in [-0.05, 0) is 37.8 Å². The van der Waals surface area contributed by atoms with Crippen LogP contribution in [-0.2, 0) is 10.0 Å². The summed E-state index contributed by atoms with van der Waals surface area (Å²) in [6.45, 7) is 9.33. The Morgan fingerprint density at radius 2 is 1.71 bits per heavy atom. The molecule has 2 N–H and O–H groups in total. The van der Waals surface area contributed by atoms with Gasteiger partial charge in [-0.1, -0.05) is 43.7 Å². The Morgan fingerprint density at radius 3 is 2.14 bits per heavy atom. The predicted molar refractivity (Wildman–Crippen MR) is 85.8 cm³/mol. The molecule has 0 aliphatic rings. The Hall–Kier alpha value is -1.17. The van der Waals surface area contributed by atoms with Gasteiger partial charge in [0.1, 0.15) is 0 Å². The van der Waals surface area contributed by atoms with Crippen molar-refractivity contribution in [1.29, 1.82) is 0 Å². The smallest absolute Gasteiger partial charge is 0.241 e. The van der Waals surface area contributed by atoms with E-state index < -0.39 is 10.0 Å². The molecule has 118 valence electrons. The third-order valence-electron chi connectivity index (χ3n) is 3.33. The highest BCUT2D eigenvalue weighted by Crippen LogP contribution is 2.22. The second kappa shape index (κ2) is 7.20. The van der Waals surface area contributed by atoms with E-state index in [1.807, 2.05) is 46.8 Å². The van der Waals surface area contributed by atoms with Crippen molar-refractivity contribution in [2.24, 2.45) is 5.92 Å². The van der Waals surface area contributed by atoms with E-state index in [4.69, 9.17) is 5.11 Å². The van der Waals surface area contributed by atoms with Crippen LogP contribution in [0.4, 0.5) is 0 Å². The number of aliphatic hydroxyl groups is 1. The molecule has 0 spiro atoms. The lowest BCUT2D eigenvalue weighted by atomic mass is 10.1. The minimum atomic E-state index is -3.60. The molecule has 0 aromatic heterocycles. The summed E-state index contributed by atoms with van der Waals surface area (Å²) < 4.78 is 28.0. The van der Waals surface area contributed by atoms with Crippen LogP contribution in [0.1, 0.15) is 30.5 Å². The number of benzene rings is 1. The first-order chi connectivity index (χ1) is 9.69. The van der Waals surface area contributed by atoms with Gasteiger partial charge >= 0.3 is 0 Å². The second-order valence-corrected chi connectivity index (χ2v) is 7.38. The summed E-state index contributed by atoms with van der Waals surface area (Å²) in [6, 6.07) is 3.40. The van der Waals surface area contributed by atoms with Gasteiger partial charge in [0.2, 0.25) is 10.0 Å². The van der Waals surface area contributed by atoms with Crippen molar-refractivity contribution in [2.75, 3.05) is 6.61 Å². The van der Waals surface area contributed by atoms with Crippen molar-refractivity contribution in [3.05, 3.63) is 41.0 Å². The number of rotatable bonds is 6. The summed E-state index contributed by atoms with van der Waals surface area (Å²) in [5.41, 5.74) is 2.53. The minimum absolute atomic E-state index is 0.0913. The zero-order valence-electron chi connectivity index (χ0n) is 13.3. The van der Waals surface area contributed by atoms with Gasteiger partial charge < -0.3 is 5.11 Å². The summed E-state index contributed by atoms with van der Waals surface area (Å²) in [7, 11) is -3.60. The van der Waals surface area contributed by atoms with Crippen molar-refractivity contribution < 1.29 is 13.5 Å². The molecule has 0 aliphatic heterocycles. The second-order valence-electron chi connectivity index (χ2n) is 5.73. The minimum Gasteiger partial charge on any atom is -0.392 e. The average Bonchev–Trinajstić information content (AvgIpc) is 2.32. The Bertz CT molecular complexity index is 595. The summed E-state index contributed by atoms with van der Waals surface area (Å²) in [6.07, 6.45) is 3.25. The van der Waals surface area contributed by atoms with Gasteiger partial charge in [0.25, 0.3) is 0 Å². The molecule has 0 unspecified atom stereocenters. The van der Waals surface area contributed by atoms with E-state index in [0.717, 1.165) is 16.7 Å². The van der Waals surface area contributed by atoms with Crippen molar-refractivity contribution in [3.8, 4) is 0 Å². The van der Waals surface area contributed by atoms with E-state index in [0.29, 0.717) is 4.90 Å². The maximum atomic E-state index is 12.7. The average molecular weight is 311 g/mol. The van der Waals surface area contributed by atoms with E-state index in [-0.39, 0.29) is 18.6 Å². The molecule has 5 heteroatoms. The van der Waals surface area contributed by atoms with Crippen LogP contribution >= 0.6 is 0 Å². The lowest BCUT2D eigenvalue weighted by molar-refractivity contribution is 0.341. The Balaban J connectivity index is 3.20. The molecule has 21 heavy (non-hydrogen) atoms. The van der Waals surface area contributed by atoms with E-state index in [1.165, 1.54) is 0 Å². The van der Waals surface area contributed by atoms with Crippen LogP contribution in [0.3, 0.4) is 0 Å². The first kappa shape index (κ1) is 17.9. The van der Waals surface area contributed by atoms with Gasteiger partial charge in [-0.25, -0.2) is 13.1 Å². The molecule has 1 aromatic carbocycles. The largest absolute Gasteiger partial charge is 0.392 e. The molecule has 4 nitrogen and oxygen atoms in total. The fraction of sp³-hybridized carbons (Fsp3) is 0.500. The van der Waals surface area contributed by atoms with Crippen LogP contribution in [0.5, 0.6) is 0 Å². The molecule has 0 aliphatic carbocycles. The fourth-order valence-corrected chi connectivity index (χ4v) is 4.23. The fourth-order valence-electron chi connectivity index (χ4n) is 2.43. The van der Waals surface area contributed by atoms with Gasteiger partial charge in [0, 0.05) is 6.04 Å². The molecule has 0 saturated heterocycles. The molecular formula is C16H25NO3S. The third kappa shape index (κ3) is 4.66. The monoisotopic (exact) mass is 311 g/mol. The zero-order chi connectivity index (χ0) is 16.2. The van der Waals surface area contributed by atoms with Crippen LogP contribution < -0.4 is 4.72 Å². The molecule has 1 atom stereocenters. The Morgan fingerprint density at radius 1 is 1.19 bits per heavy atom. The van der Waals surface area contributed by atoms with Gasteiger partial charge in [-0.2, -0.15) is 0 Å². The summed E-state index contributed by atoms with van der Waals surface area (Å²) in [5, 5.41) is 8.87. The van der Waals surface area contributed by atoms with Crippen molar-refractivity contribution in [1.82, 2.24) is 4.72 Å². The normalized spacial score (nSPS) is 14.0. The van der Waals surface area contributed by atoms with Gasteiger partial charge in [-0.15, -0.1) is 0 Å². The molecule has 0 amide bonds. The summed E-state index contributed by atoms with van der Waals surface area (Å²) >= 11 is 0. The van der Waals surface area contributed by atoms with Crippen LogP contribution in [-0.4, -0.2) is 26.2 Å². The van der Waals surface area contributed by atoms with Gasteiger partial charge in [0.05, 0.1) is 11.5 Å². The molecule has 0 fully saturated rings. The number of hydrogen-bond acceptors (Lipinski definition) is 3. The molecule has 1 aromatic rings. The quantitative estimate of drug-likeness (QED) is 0.793. The summed E-state index contributed by atoms with van der Waals surface area (Å²) in [5.74, 6) is 0.0913. The SMILES string of the molecule is Cc1cc(C)c(S(=O)(=O)N[C@H](/C=C/CO)C(C)C)c(C)c1. The Labute approximate surface area is 127 Å². The van der Waals surface area contributed by atoms with Crippen molar-refractivity contribution in [2.45, 2.75) is 45.6 Å². The maximum absolute atomic E-state index is 12.7. The molecule has 0 heterocycles. The third-order valence-corrected chi connectivity index (χ3v) is 5.10. The number of hydrogen-bond donors (Lipinski definition) is 2. The van der Waals surface area contributed by atoms with E-state index in [1.54, 1.807) is 12.2 Å². The van der Waals surface area contributed by atoms with Crippen LogP contribution in [0.15, 0.2) is 29.2 Å². The topological polar surface area (TPSA) is 66.4 Å². The van der Waals surface area contributed by atoms with Gasteiger partial charge in [-0.3, -0.25) is 0 Å². The number of aryl methyl sites for hydroxylation is 3. The zero-order valence-corrected chi connectivity index (χ0v) is 14.2. The highest BCUT2D eigenvalue weighted by molar-refractivity contribution is 7.89. The van der Waals surface area contributed by atoms with Crippen molar-refractivity contribution >= 4 is 10.0 Å². The predicted octanol–water partition coefficient (Wildman–Crippen LogP) is 2.46. The van der Waals surface area contributed by atoms with Gasteiger partial charge in [0.15, 0.2) is 0 Å². The van der Waals surface area contributed by atoms with Crippen LogP contribution in [0.2, 0.25) is 0 Å². The highest BCUT2D eigenvalue weighted by Gasteiger charge is 2.24. The lowest BCUT2D eigenvalue weighted by Crippen LogP contribution is -2.37. The van der Waals surface area contributed by atoms with Crippen molar-refractivity contribution in [3.63, 3.8) is 0 Å². The van der Waals surface area contributed by atoms with Crippen LogP contribution in [0, 0.1) is 26.7 Å². The Kier molecular flexibility index (Phi) is 6.13. The molecular weight excluding hydrogens is 286 g/mol. The lowest BCUT2D eigenvalue weighted by Gasteiger charge is -2.21. The molecule has 0 bridgehead atoms. The molecule has 0 saturated carbocycles. The first-order valence-electron chi connectivity index (χ1n) is 7.06. The van der Waals surface area contributed by atoms with Crippen LogP contribution in [0.25, 0.3) is 0 Å². The highest BCUT2D eigenvalue weighted by atomic mass is 32.2. The summed E-state index contributed by atoms with van der Waals surface area (Å²) in [4.78, 5) is 0.344. The molecule has 1 rings (SSSR count). The maximum Gasteiger partial charge on any atom is 0.241 e. The van der Waals surface area contributed by atoms with E-state index in [2.05, 4.69) is 4.72 Å². The van der Waals surface area contributed by atoms with E-state index in [9.17, 15) is 8.42 Å². The molecule has 0 radical (unpaired) electrons. The number of nitrogens with one attached hydrogen (secondary N) is 1. The first-order valence-corrected chi connectivity index (χ1v) is 8.55. The standard InChI is InChI=1S/C16H25NO3S/c1-11(2)15(7-6-8-18)17-21(19,20)16-13(4)9-12(3)10-14(16)5/h6-7,9-11,15,17-18H,8H2,1-5H3/b7-6+/t15-/m1/s1. The number of sulfonamides is 1. The number of aliphatic hydroxyl groups excluding tert-OH is 1. The van der Waals surface area contributed by atoms with E-state index >= 15 is 0 Å².